The molecule has 2 unspecified atom stereocenters. The topological polar surface area (TPSA) is 55.4 Å². The van der Waals surface area contributed by atoms with Crippen LogP contribution in [-0.4, -0.2) is 24.5 Å². The van der Waals surface area contributed by atoms with Gasteiger partial charge in [-0.1, -0.05) is 43.2 Å². The second-order valence-electron chi connectivity index (χ2n) is 5.34. The van der Waals surface area contributed by atoms with Gasteiger partial charge in [0.25, 0.3) is 0 Å². The third kappa shape index (κ3) is 4.46. The molecule has 1 rings (SSSR count). The molecule has 4 nitrogen and oxygen atoms in total. The molecule has 5 heteroatoms. The highest BCUT2D eigenvalue weighted by Crippen LogP contribution is 2.23. The number of nitrogens with one attached hydrogen (secondary N) is 1. The molecule has 21 heavy (non-hydrogen) atoms. The van der Waals surface area contributed by atoms with Crippen LogP contribution in [-0.2, 0) is 14.3 Å². The number of amides is 1. The van der Waals surface area contributed by atoms with Crippen molar-refractivity contribution in [2.75, 3.05) is 7.11 Å². The zero-order valence-electron chi connectivity index (χ0n) is 12.9. The number of benzene rings is 1. The maximum absolute atomic E-state index is 12.3. The molecule has 0 bridgehead atoms. The fourth-order valence-corrected chi connectivity index (χ4v) is 2.36. The number of carbonyl (C=O) groups excluding carboxylic acids is 2. The summed E-state index contributed by atoms with van der Waals surface area (Å²) in [6.07, 6.45) is 1.23. The van der Waals surface area contributed by atoms with Crippen LogP contribution >= 0.6 is 11.6 Å². The summed E-state index contributed by atoms with van der Waals surface area (Å²) in [5.41, 5.74) is 0.732. The number of carbonyl (C=O) groups is 2. The lowest BCUT2D eigenvalue weighted by Crippen LogP contribution is -2.53. The van der Waals surface area contributed by atoms with Crippen LogP contribution < -0.4 is 5.32 Å². The van der Waals surface area contributed by atoms with Gasteiger partial charge in [0.2, 0.25) is 5.91 Å². The Morgan fingerprint density at radius 3 is 2.38 bits per heavy atom. The van der Waals surface area contributed by atoms with Gasteiger partial charge in [-0.15, -0.1) is 11.6 Å². The van der Waals surface area contributed by atoms with Gasteiger partial charge >= 0.3 is 5.97 Å². The Bertz CT molecular complexity index is 501. The molecule has 1 N–H and O–H groups in total. The number of aryl methyl sites for hydroxylation is 1. The van der Waals surface area contributed by atoms with Crippen molar-refractivity contribution in [3.05, 3.63) is 35.4 Å². The van der Waals surface area contributed by atoms with E-state index in [9.17, 15) is 9.59 Å². The molecule has 0 radical (unpaired) electrons. The van der Waals surface area contributed by atoms with Crippen LogP contribution in [0, 0.1) is 6.92 Å². The average Bonchev–Trinajstić information content (AvgIpc) is 2.46. The summed E-state index contributed by atoms with van der Waals surface area (Å²) in [6.45, 7) is 5.55. The Balaban J connectivity index is 2.86. The standard InChI is InChI=1S/C16H22ClNO3/c1-5-10-16(3,15(20)21-4)18-14(19)13(17)12-8-6-11(2)7-9-12/h6-9,13H,5,10H2,1-4H3,(H,18,19). The molecule has 0 saturated carbocycles. The fraction of sp³-hybridized carbons (Fsp3) is 0.500. The van der Waals surface area contributed by atoms with Gasteiger partial charge in [-0.25, -0.2) is 4.79 Å². The number of hydrogen-bond acceptors (Lipinski definition) is 3. The van der Waals surface area contributed by atoms with E-state index in [1.807, 2.05) is 38.1 Å². The molecule has 0 saturated heterocycles. The van der Waals surface area contributed by atoms with Gasteiger partial charge in [0.15, 0.2) is 0 Å². The Hall–Kier alpha value is -1.55. The van der Waals surface area contributed by atoms with Crippen molar-refractivity contribution in [2.45, 2.75) is 44.5 Å². The summed E-state index contributed by atoms with van der Waals surface area (Å²) >= 11 is 6.20. The van der Waals surface area contributed by atoms with Gasteiger partial charge < -0.3 is 10.1 Å². The molecule has 1 aromatic rings. The van der Waals surface area contributed by atoms with Crippen LogP contribution in [0.4, 0.5) is 0 Å². The minimum atomic E-state index is -1.06. The normalized spacial score (nSPS) is 14.9. The Kier molecular flexibility index (Phi) is 6.21. The van der Waals surface area contributed by atoms with E-state index in [2.05, 4.69) is 5.32 Å². The van der Waals surface area contributed by atoms with Crippen molar-refractivity contribution in [2.24, 2.45) is 0 Å². The first-order valence-electron chi connectivity index (χ1n) is 6.95. The molecule has 0 aliphatic rings. The molecular weight excluding hydrogens is 290 g/mol. The molecule has 0 aliphatic heterocycles. The summed E-state index contributed by atoms with van der Waals surface area (Å²) in [5.74, 6) is -0.868. The van der Waals surface area contributed by atoms with Crippen LogP contribution in [0.15, 0.2) is 24.3 Å². The lowest BCUT2D eigenvalue weighted by Gasteiger charge is -2.28. The third-order valence-corrected chi connectivity index (χ3v) is 3.84. The average molecular weight is 312 g/mol. The minimum Gasteiger partial charge on any atom is -0.467 e. The van der Waals surface area contributed by atoms with Crippen LogP contribution in [0.5, 0.6) is 0 Å². The van der Waals surface area contributed by atoms with E-state index in [0.29, 0.717) is 12.0 Å². The first-order chi connectivity index (χ1) is 9.84. The van der Waals surface area contributed by atoms with Crippen LogP contribution in [0.3, 0.4) is 0 Å². The van der Waals surface area contributed by atoms with Crippen LogP contribution in [0.25, 0.3) is 0 Å². The van der Waals surface area contributed by atoms with E-state index in [0.717, 1.165) is 12.0 Å². The van der Waals surface area contributed by atoms with E-state index in [4.69, 9.17) is 16.3 Å². The molecule has 0 heterocycles. The van der Waals surface area contributed by atoms with Gasteiger partial charge in [-0.2, -0.15) is 0 Å². The second kappa shape index (κ2) is 7.46. The first-order valence-corrected chi connectivity index (χ1v) is 7.38. The lowest BCUT2D eigenvalue weighted by molar-refractivity contribution is -0.150. The van der Waals surface area contributed by atoms with Crippen molar-refractivity contribution < 1.29 is 14.3 Å². The summed E-state index contributed by atoms with van der Waals surface area (Å²) in [6, 6.07) is 7.40. The summed E-state index contributed by atoms with van der Waals surface area (Å²) in [7, 11) is 1.31. The Morgan fingerprint density at radius 2 is 1.90 bits per heavy atom. The fourth-order valence-electron chi connectivity index (χ4n) is 2.16. The van der Waals surface area contributed by atoms with Gasteiger partial charge in [0.05, 0.1) is 7.11 Å². The van der Waals surface area contributed by atoms with Crippen molar-refractivity contribution >= 4 is 23.5 Å². The predicted molar refractivity (Wildman–Crippen MR) is 83.2 cm³/mol. The molecule has 116 valence electrons. The lowest BCUT2D eigenvalue weighted by atomic mass is 9.95. The second-order valence-corrected chi connectivity index (χ2v) is 5.77. The van der Waals surface area contributed by atoms with Crippen molar-refractivity contribution in [1.29, 1.82) is 0 Å². The zero-order valence-corrected chi connectivity index (χ0v) is 13.7. The number of ether oxygens (including phenoxy) is 1. The van der Waals surface area contributed by atoms with Gasteiger partial charge in [-0.05, 0) is 25.8 Å². The van der Waals surface area contributed by atoms with E-state index in [1.165, 1.54) is 7.11 Å². The van der Waals surface area contributed by atoms with E-state index >= 15 is 0 Å². The van der Waals surface area contributed by atoms with Crippen molar-refractivity contribution in [1.82, 2.24) is 5.32 Å². The molecule has 0 aromatic heterocycles. The molecule has 1 amide bonds. The summed E-state index contributed by atoms with van der Waals surface area (Å²) in [5, 5.41) is 1.87. The number of halogens is 1. The number of methoxy groups -OCH3 is 1. The van der Waals surface area contributed by atoms with E-state index < -0.39 is 22.8 Å². The van der Waals surface area contributed by atoms with E-state index in [1.54, 1.807) is 6.92 Å². The third-order valence-electron chi connectivity index (χ3n) is 3.39. The highest BCUT2D eigenvalue weighted by molar-refractivity contribution is 6.31. The smallest absolute Gasteiger partial charge is 0.331 e. The van der Waals surface area contributed by atoms with Crippen LogP contribution in [0.2, 0.25) is 0 Å². The summed E-state index contributed by atoms with van der Waals surface area (Å²) < 4.78 is 4.77. The molecule has 1 aromatic carbocycles. The molecule has 2 atom stereocenters. The number of hydrogen-bond donors (Lipinski definition) is 1. The van der Waals surface area contributed by atoms with Crippen molar-refractivity contribution in [3.8, 4) is 0 Å². The maximum atomic E-state index is 12.3. The highest BCUT2D eigenvalue weighted by atomic mass is 35.5. The number of esters is 1. The largest absolute Gasteiger partial charge is 0.467 e. The minimum absolute atomic E-state index is 0.401. The monoisotopic (exact) mass is 311 g/mol. The molecule has 0 aliphatic carbocycles. The first kappa shape index (κ1) is 17.5. The van der Waals surface area contributed by atoms with Gasteiger partial charge in [-0.3, -0.25) is 4.79 Å². The van der Waals surface area contributed by atoms with Crippen molar-refractivity contribution in [3.63, 3.8) is 0 Å². The SMILES string of the molecule is CCCC(C)(NC(=O)C(Cl)c1ccc(C)cc1)C(=O)OC. The molecule has 0 spiro atoms. The zero-order chi connectivity index (χ0) is 16.0. The Labute approximate surface area is 130 Å². The van der Waals surface area contributed by atoms with E-state index in [-0.39, 0.29) is 0 Å². The number of rotatable bonds is 6. The maximum Gasteiger partial charge on any atom is 0.331 e. The summed E-state index contributed by atoms with van der Waals surface area (Å²) in [4.78, 5) is 24.2. The van der Waals surface area contributed by atoms with Gasteiger partial charge in [0, 0.05) is 0 Å². The van der Waals surface area contributed by atoms with Gasteiger partial charge in [0.1, 0.15) is 10.9 Å². The number of alkyl halides is 1. The quantitative estimate of drug-likeness (QED) is 0.648. The highest BCUT2D eigenvalue weighted by Gasteiger charge is 2.36. The van der Waals surface area contributed by atoms with Crippen LogP contribution in [0.1, 0.15) is 43.2 Å². The molecular formula is C16H22ClNO3. The Morgan fingerprint density at radius 1 is 1.33 bits per heavy atom. The molecule has 0 fully saturated rings. The predicted octanol–water partition coefficient (Wildman–Crippen LogP) is 3.12.